The largest absolute Gasteiger partial charge is 0.471 e. The number of rotatable bonds is 7. The Labute approximate surface area is 171 Å². The number of benzene rings is 1. The zero-order chi connectivity index (χ0) is 21.9. The highest BCUT2D eigenvalue weighted by atomic mass is 19.4. The highest BCUT2D eigenvalue weighted by Crippen LogP contribution is 2.31. The van der Waals surface area contributed by atoms with Crippen molar-refractivity contribution >= 4 is 5.91 Å². The lowest BCUT2D eigenvalue weighted by molar-refractivity contribution is -0.137. The van der Waals surface area contributed by atoms with Gasteiger partial charge < -0.3 is 9.64 Å². The Morgan fingerprint density at radius 1 is 1.27 bits per heavy atom. The van der Waals surface area contributed by atoms with Gasteiger partial charge in [0.1, 0.15) is 5.75 Å². The standard InChI is InChI=1S/C20H22F3N5O2/c1-4-28-14(2)15(11-24-28)12-26(3)19(29)18-8-9-27(25-18)13-30-17-7-5-6-16(10-17)20(21,22)23/h5-11H,4,12-13H2,1-3H3. The number of aryl methyl sites for hydroxylation is 1. The number of carbonyl (C=O) groups excluding carboxylic acids is 1. The molecular weight excluding hydrogens is 399 g/mol. The van der Waals surface area contributed by atoms with Crippen LogP contribution < -0.4 is 4.74 Å². The van der Waals surface area contributed by atoms with Crippen molar-refractivity contribution in [2.45, 2.75) is 39.8 Å². The summed E-state index contributed by atoms with van der Waals surface area (Å²) >= 11 is 0. The van der Waals surface area contributed by atoms with Gasteiger partial charge in [0.25, 0.3) is 5.91 Å². The SMILES string of the molecule is CCn1ncc(CN(C)C(=O)c2ccn(COc3cccc(C(F)(F)F)c3)n2)c1C. The Morgan fingerprint density at radius 3 is 2.70 bits per heavy atom. The van der Waals surface area contributed by atoms with Gasteiger partial charge in [-0.2, -0.15) is 23.4 Å². The summed E-state index contributed by atoms with van der Waals surface area (Å²) in [6, 6.07) is 6.13. The lowest BCUT2D eigenvalue weighted by Crippen LogP contribution is -2.27. The van der Waals surface area contributed by atoms with E-state index in [2.05, 4.69) is 10.2 Å². The summed E-state index contributed by atoms with van der Waals surface area (Å²) in [4.78, 5) is 14.2. The van der Waals surface area contributed by atoms with Crippen LogP contribution in [0.25, 0.3) is 0 Å². The van der Waals surface area contributed by atoms with Crippen molar-refractivity contribution < 1.29 is 22.7 Å². The van der Waals surface area contributed by atoms with E-state index in [4.69, 9.17) is 4.74 Å². The molecule has 0 aliphatic rings. The van der Waals surface area contributed by atoms with Crippen molar-refractivity contribution in [3.8, 4) is 5.75 Å². The van der Waals surface area contributed by atoms with Gasteiger partial charge in [-0.15, -0.1) is 0 Å². The van der Waals surface area contributed by atoms with Crippen molar-refractivity contribution in [3.63, 3.8) is 0 Å². The van der Waals surface area contributed by atoms with E-state index < -0.39 is 11.7 Å². The molecule has 0 saturated carbocycles. The van der Waals surface area contributed by atoms with Crippen molar-refractivity contribution in [2.75, 3.05) is 7.05 Å². The maximum absolute atomic E-state index is 12.8. The summed E-state index contributed by atoms with van der Waals surface area (Å²) in [6.07, 6.45) is -1.17. The van der Waals surface area contributed by atoms with Crippen molar-refractivity contribution in [3.05, 3.63) is 65.2 Å². The van der Waals surface area contributed by atoms with E-state index in [9.17, 15) is 18.0 Å². The predicted octanol–water partition coefficient (Wildman–Crippen LogP) is 3.74. The molecule has 10 heteroatoms. The molecule has 160 valence electrons. The molecule has 1 aromatic carbocycles. The quantitative estimate of drug-likeness (QED) is 0.583. The molecule has 3 aromatic rings. The van der Waals surface area contributed by atoms with Gasteiger partial charge in [-0.3, -0.25) is 9.48 Å². The number of ether oxygens (including phenoxy) is 1. The minimum Gasteiger partial charge on any atom is -0.471 e. The number of hydrogen-bond acceptors (Lipinski definition) is 4. The van der Waals surface area contributed by atoms with Gasteiger partial charge in [0, 0.05) is 37.6 Å². The molecule has 30 heavy (non-hydrogen) atoms. The maximum atomic E-state index is 12.8. The molecule has 3 rings (SSSR count). The van der Waals surface area contributed by atoms with E-state index >= 15 is 0 Å². The predicted molar refractivity (Wildman–Crippen MR) is 103 cm³/mol. The number of halogens is 3. The van der Waals surface area contributed by atoms with Crippen LogP contribution in [0, 0.1) is 6.92 Å². The van der Waals surface area contributed by atoms with Gasteiger partial charge in [0.05, 0.1) is 11.8 Å². The number of hydrogen-bond donors (Lipinski definition) is 0. The van der Waals surface area contributed by atoms with Gasteiger partial charge in [-0.1, -0.05) is 6.07 Å². The van der Waals surface area contributed by atoms with E-state index in [0.717, 1.165) is 29.9 Å². The topological polar surface area (TPSA) is 65.2 Å². The summed E-state index contributed by atoms with van der Waals surface area (Å²) in [5, 5.41) is 8.43. The summed E-state index contributed by atoms with van der Waals surface area (Å²) in [7, 11) is 1.67. The third-order valence-corrected chi connectivity index (χ3v) is 4.64. The second kappa shape index (κ2) is 8.60. The summed E-state index contributed by atoms with van der Waals surface area (Å²) in [5.41, 5.74) is 1.36. The van der Waals surface area contributed by atoms with Crippen molar-refractivity contribution in [2.24, 2.45) is 0 Å². The lowest BCUT2D eigenvalue weighted by atomic mass is 10.2. The van der Waals surface area contributed by atoms with E-state index in [1.807, 2.05) is 18.5 Å². The lowest BCUT2D eigenvalue weighted by Gasteiger charge is -2.15. The molecule has 0 unspecified atom stereocenters. The molecule has 0 fully saturated rings. The number of carbonyl (C=O) groups is 1. The Balaban J connectivity index is 1.61. The fraction of sp³-hybridized carbons (Fsp3) is 0.350. The minimum atomic E-state index is -4.44. The molecular formula is C20H22F3N5O2. The van der Waals surface area contributed by atoms with Crippen LogP contribution in [-0.2, 0) is 26.0 Å². The third kappa shape index (κ3) is 4.81. The molecule has 0 aliphatic heterocycles. The first kappa shape index (κ1) is 21.4. The Kier molecular flexibility index (Phi) is 6.14. The van der Waals surface area contributed by atoms with Crippen LogP contribution in [0.15, 0.2) is 42.7 Å². The van der Waals surface area contributed by atoms with Crippen LogP contribution in [-0.4, -0.2) is 37.4 Å². The number of alkyl halides is 3. The van der Waals surface area contributed by atoms with Gasteiger partial charge in [0.15, 0.2) is 12.4 Å². The van der Waals surface area contributed by atoms with Gasteiger partial charge >= 0.3 is 6.18 Å². The van der Waals surface area contributed by atoms with E-state index in [1.54, 1.807) is 13.2 Å². The Morgan fingerprint density at radius 2 is 2.03 bits per heavy atom. The molecule has 0 radical (unpaired) electrons. The first-order valence-corrected chi connectivity index (χ1v) is 9.29. The second-order valence-corrected chi connectivity index (χ2v) is 6.77. The molecule has 2 aromatic heterocycles. The zero-order valence-electron chi connectivity index (χ0n) is 16.8. The molecule has 0 spiro atoms. The number of aromatic nitrogens is 4. The fourth-order valence-corrected chi connectivity index (χ4v) is 2.93. The summed E-state index contributed by atoms with van der Waals surface area (Å²) in [6.45, 7) is 4.95. The molecule has 0 aliphatic carbocycles. The van der Waals surface area contributed by atoms with Crippen LogP contribution in [0.3, 0.4) is 0 Å². The van der Waals surface area contributed by atoms with Crippen molar-refractivity contribution in [1.82, 2.24) is 24.5 Å². The van der Waals surface area contributed by atoms with Crippen LogP contribution in [0.1, 0.15) is 34.2 Å². The fourth-order valence-electron chi connectivity index (χ4n) is 2.93. The first-order chi connectivity index (χ1) is 14.2. The van der Waals surface area contributed by atoms with E-state index in [-0.39, 0.29) is 24.1 Å². The molecule has 0 saturated heterocycles. The number of amides is 1. The first-order valence-electron chi connectivity index (χ1n) is 9.29. The monoisotopic (exact) mass is 421 g/mol. The summed E-state index contributed by atoms with van der Waals surface area (Å²) < 4.78 is 46.9. The molecule has 0 N–H and O–H groups in total. The number of nitrogens with zero attached hydrogens (tertiary/aromatic N) is 5. The molecule has 0 atom stereocenters. The zero-order valence-corrected chi connectivity index (χ0v) is 16.8. The maximum Gasteiger partial charge on any atom is 0.416 e. The molecule has 7 nitrogen and oxygen atoms in total. The molecule has 1 amide bonds. The normalized spacial score (nSPS) is 11.5. The van der Waals surface area contributed by atoms with Gasteiger partial charge in [-0.05, 0) is 38.1 Å². The van der Waals surface area contributed by atoms with Gasteiger partial charge in [-0.25, -0.2) is 4.68 Å². The molecule has 0 bridgehead atoms. The van der Waals surface area contributed by atoms with Crippen LogP contribution in [0.4, 0.5) is 13.2 Å². The van der Waals surface area contributed by atoms with Crippen LogP contribution in [0.2, 0.25) is 0 Å². The van der Waals surface area contributed by atoms with Crippen molar-refractivity contribution in [1.29, 1.82) is 0 Å². The third-order valence-electron chi connectivity index (χ3n) is 4.64. The van der Waals surface area contributed by atoms with Crippen LogP contribution >= 0.6 is 0 Å². The van der Waals surface area contributed by atoms with Crippen LogP contribution in [0.5, 0.6) is 5.75 Å². The summed E-state index contributed by atoms with van der Waals surface area (Å²) in [5.74, 6) is -0.217. The highest BCUT2D eigenvalue weighted by molar-refractivity contribution is 5.91. The average Bonchev–Trinajstić information content (AvgIpc) is 3.32. The Bertz CT molecular complexity index is 1030. The smallest absolute Gasteiger partial charge is 0.416 e. The molecule has 2 heterocycles. The van der Waals surface area contributed by atoms with E-state index in [1.165, 1.54) is 34.0 Å². The second-order valence-electron chi connectivity index (χ2n) is 6.77. The average molecular weight is 421 g/mol. The Hall–Kier alpha value is -3.30. The van der Waals surface area contributed by atoms with Gasteiger partial charge in [0.2, 0.25) is 0 Å². The van der Waals surface area contributed by atoms with E-state index in [0.29, 0.717) is 6.54 Å². The highest BCUT2D eigenvalue weighted by Gasteiger charge is 2.30. The minimum absolute atomic E-state index is 0.0636.